The third-order valence-corrected chi connectivity index (χ3v) is 1.36. The molecule has 0 radical (unpaired) electrons. The molecule has 1 atom stereocenters. The first-order valence-electron chi connectivity index (χ1n) is 3.95. The van der Waals surface area contributed by atoms with E-state index in [9.17, 15) is 0 Å². The van der Waals surface area contributed by atoms with E-state index >= 15 is 0 Å². The molecule has 0 aromatic heterocycles. The smallest absolute Gasteiger partial charge is 0.222 e. The fraction of sp³-hybridized carbons (Fsp3) is 0.600. The molecule has 0 amide bonds. The monoisotopic (exact) mass is 168 g/mol. The zero-order valence-electron chi connectivity index (χ0n) is 7.96. The van der Waals surface area contributed by atoms with Crippen LogP contribution in [0.4, 0.5) is 0 Å². The van der Waals surface area contributed by atoms with Crippen LogP contribution in [0.25, 0.3) is 0 Å². The van der Waals surface area contributed by atoms with Crippen LogP contribution in [-0.4, -0.2) is 18.5 Å². The third-order valence-electron chi connectivity index (χ3n) is 1.36. The number of hydrogen-bond donors (Lipinski definition) is 0. The van der Waals surface area contributed by atoms with Gasteiger partial charge in [-0.05, 0) is 26.7 Å². The average molecular weight is 168 g/mol. The summed E-state index contributed by atoms with van der Waals surface area (Å²) in [6, 6.07) is 0. The van der Waals surface area contributed by atoms with Crippen LogP contribution in [0.1, 0.15) is 20.8 Å². The van der Waals surface area contributed by atoms with E-state index in [1.807, 2.05) is 20.8 Å². The SMILES string of the molecule is C#CC(OCC)OC(C)(C)C=C. The lowest BCUT2D eigenvalue weighted by Crippen LogP contribution is -2.29. The maximum Gasteiger partial charge on any atom is 0.222 e. The van der Waals surface area contributed by atoms with Crippen LogP contribution >= 0.6 is 0 Å². The first-order valence-corrected chi connectivity index (χ1v) is 3.95. The van der Waals surface area contributed by atoms with Gasteiger partial charge >= 0.3 is 0 Å². The van der Waals surface area contributed by atoms with E-state index in [2.05, 4.69) is 12.5 Å². The lowest BCUT2D eigenvalue weighted by atomic mass is 10.1. The summed E-state index contributed by atoms with van der Waals surface area (Å²) >= 11 is 0. The lowest BCUT2D eigenvalue weighted by Gasteiger charge is -2.24. The van der Waals surface area contributed by atoms with Gasteiger partial charge in [0, 0.05) is 6.61 Å². The van der Waals surface area contributed by atoms with Crippen LogP contribution in [0.3, 0.4) is 0 Å². The van der Waals surface area contributed by atoms with Crippen molar-refractivity contribution in [3.63, 3.8) is 0 Å². The van der Waals surface area contributed by atoms with Crippen molar-refractivity contribution in [3.8, 4) is 12.3 Å². The summed E-state index contributed by atoms with van der Waals surface area (Å²) in [5.41, 5.74) is -0.438. The predicted molar refractivity (Wildman–Crippen MR) is 49.6 cm³/mol. The van der Waals surface area contributed by atoms with Gasteiger partial charge in [0.15, 0.2) is 0 Å². The quantitative estimate of drug-likeness (QED) is 0.355. The molecule has 0 spiro atoms. The molecule has 68 valence electrons. The van der Waals surface area contributed by atoms with Gasteiger partial charge in [0.25, 0.3) is 0 Å². The maximum atomic E-state index is 5.40. The Kier molecular flexibility index (Phi) is 4.65. The van der Waals surface area contributed by atoms with Crippen molar-refractivity contribution < 1.29 is 9.47 Å². The van der Waals surface area contributed by atoms with E-state index in [1.54, 1.807) is 6.08 Å². The molecule has 0 aliphatic rings. The summed E-state index contributed by atoms with van der Waals surface area (Å²) < 4.78 is 10.5. The summed E-state index contributed by atoms with van der Waals surface area (Å²) in [4.78, 5) is 0. The van der Waals surface area contributed by atoms with Gasteiger partial charge in [-0.1, -0.05) is 6.08 Å². The van der Waals surface area contributed by atoms with Crippen molar-refractivity contribution in [2.24, 2.45) is 0 Å². The van der Waals surface area contributed by atoms with E-state index in [0.717, 1.165) is 0 Å². The topological polar surface area (TPSA) is 18.5 Å². The molecule has 1 unspecified atom stereocenters. The molecule has 0 fully saturated rings. The minimum Gasteiger partial charge on any atom is -0.342 e. The Morgan fingerprint density at radius 3 is 2.58 bits per heavy atom. The highest BCUT2D eigenvalue weighted by Gasteiger charge is 2.18. The summed E-state index contributed by atoms with van der Waals surface area (Å²) in [6.07, 6.45) is 6.30. The molecule has 2 heteroatoms. The van der Waals surface area contributed by atoms with E-state index < -0.39 is 11.9 Å². The molecule has 0 saturated carbocycles. The Morgan fingerprint density at radius 1 is 1.67 bits per heavy atom. The average Bonchev–Trinajstić information content (AvgIpc) is 2.03. The van der Waals surface area contributed by atoms with Crippen molar-refractivity contribution in [2.45, 2.75) is 32.7 Å². The molecular formula is C10H16O2. The number of terminal acetylenes is 1. The number of ether oxygens (including phenoxy) is 2. The van der Waals surface area contributed by atoms with Crippen molar-refractivity contribution >= 4 is 0 Å². The second kappa shape index (κ2) is 4.97. The summed E-state index contributed by atoms with van der Waals surface area (Å²) in [5, 5.41) is 0. The summed E-state index contributed by atoms with van der Waals surface area (Å²) in [5.74, 6) is 2.40. The first kappa shape index (κ1) is 11.2. The molecule has 0 rings (SSSR count). The zero-order valence-corrected chi connectivity index (χ0v) is 7.96. The minimum absolute atomic E-state index is 0.438. The fourth-order valence-corrected chi connectivity index (χ4v) is 0.592. The lowest BCUT2D eigenvalue weighted by molar-refractivity contribution is -0.150. The standard InChI is InChI=1S/C10H16O2/c1-6-9(11-8-3)12-10(4,5)7-2/h1,7,9H,2,8H2,3-5H3. The maximum absolute atomic E-state index is 5.40. The van der Waals surface area contributed by atoms with E-state index in [0.29, 0.717) is 6.61 Å². The Bertz CT molecular complexity index is 177. The van der Waals surface area contributed by atoms with E-state index in [4.69, 9.17) is 15.9 Å². The Morgan fingerprint density at radius 2 is 2.25 bits per heavy atom. The van der Waals surface area contributed by atoms with Crippen LogP contribution in [0, 0.1) is 12.3 Å². The largest absolute Gasteiger partial charge is 0.342 e. The number of rotatable bonds is 5. The summed E-state index contributed by atoms with van der Waals surface area (Å²) in [7, 11) is 0. The molecule has 12 heavy (non-hydrogen) atoms. The van der Waals surface area contributed by atoms with Gasteiger partial charge in [-0.25, -0.2) is 0 Å². The molecule has 0 saturated heterocycles. The van der Waals surface area contributed by atoms with Gasteiger partial charge in [-0.2, -0.15) is 0 Å². The number of hydrogen-bond acceptors (Lipinski definition) is 2. The Balaban J connectivity index is 4.03. The van der Waals surface area contributed by atoms with Crippen LogP contribution in [-0.2, 0) is 9.47 Å². The molecule has 0 aromatic carbocycles. The van der Waals surface area contributed by atoms with Gasteiger partial charge in [-0.15, -0.1) is 13.0 Å². The molecule has 2 nitrogen and oxygen atoms in total. The van der Waals surface area contributed by atoms with Crippen LogP contribution in [0.15, 0.2) is 12.7 Å². The zero-order chi connectivity index (χ0) is 9.61. The Hall–Kier alpha value is -0.780. The van der Waals surface area contributed by atoms with Crippen molar-refractivity contribution in [3.05, 3.63) is 12.7 Å². The second-order valence-electron chi connectivity index (χ2n) is 2.88. The highest BCUT2D eigenvalue weighted by Crippen LogP contribution is 2.13. The normalized spacial score (nSPS) is 13.5. The predicted octanol–water partition coefficient (Wildman–Crippen LogP) is 1.96. The van der Waals surface area contributed by atoms with Crippen LogP contribution < -0.4 is 0 Å². The highest BCUT2D eigenvalue weighted by molar-refractivity contribution is 4.95. The van der Waals surface area contributed by atoms with Gasteiger partial charge in [0.2, 0.25) is 6.29 Å². The van der Waals surface area contributed by atoms with Gasteiger partial charge < -0.3 is 9.47 Å². The molecule has 0 aliphatic carbocycles. The molecule has 0 bridgehead atoms. The molecule has 0 aliphatic heterocycles. The van der Waals surface area contributed by atoms with Crippen LogP contribution in [0.2, 0.25) is 0 Å². The van der Waals surface area contributed by atoms with Crippen molar-refractivity contribution in [1.29, 1.82) is 0 Å². The van der Waals surface area contributed by atoms with Crippen molar-refractivity contribution in [2.75, 3.05) is 6.61 Å². The minimum atomic E-state index is -0.581. The van der Waals surface area contributed by atoms with E-state index in [-0.39, 0.29) is 0 Å². The van der Waals surface area contributed by atoms with Gasteiger partial charge in [-0.3, -0.25) is 0 Å². The fourth-order valence-electron chi connectivity index (χ4n) is 0.592. The molecule has 0 aromatic rings. The van der Waals surface area contributed by atoms with E-state index in [1.165, 1.54) is 0 Å². The van der Waals surface area contributed by atoms with Crippen LogP contribution in [0.5, 0.6) is 0 Å². The third kappa shape index (κ3) is 4.17. The molecule has 0 heterocycles. The first-order chi connectivity index (χ1) is 5.55. The van der Waals surface area contributed by atoms with Crippen molar-refractivity contribution in [1.82, 2.24) is 0 Å². The summed E-state index contributed by atoms with van der Waals surface area (Å²) in [6.45, 7) is 9.80. The second-order valence-corrected chi connectivity index (χ2v) is 2.88. The van der Waals surface area contributed by atoms with Gasteiger partial charge in [0.05, 0.1) is 5.60 Å². The highest BCUT2D eigenvalue weighted by atomic mass is 16.7. The molecule has 0 N–H and O–H groups in total. The Labute approximate surface area is 74.6 Å². The molecular weight excluding hydrogens is 152 g/mol. The van der Waals surface area contributed by atoms with Gasteiger partial charge in [0.1, 0.15) is 0 Å².